The van der Waals surface area contributed by atoms with Gasteiger partial charge in [0.05, 0.1) is 5.60 Å². The molecule has 1 heteroatoms. The third kappa shape index (κ3) is 2.01. The van der Waals surface area contributed by atoms with Crippen LogP contribution in [0, 0.1) is 11.8 Å². The Morgan fingerprint density at radius 3 is 2.71 bits per heavy atom. The average molecular weight is 230 g/mol. The first-order valence-electron chi connectivity index (χ1n) is 7.00. The summed E-state index contributed by atoms with van der Waals surface area (Å²) in [4.78, 5) is 0. The highest BCUT2D eigenvalue weighted by atomic mass is 16.3. The van der Waals surface area contributed by atoms with Crippen molar-refractivity contribution in [3.05, 3.63) is 35.9 Å². The van der Waals surface area contributed by atoms with Gasteiger partial charge in [0.25, 0.3) is 0 Å². The minimum absolute atomic E-state index is 0.346. The first-order valence-corrected chi connectivity index (χ1v) is 7.00. The topological polar surface area (TPSA) is 20.2 Å². The molecule has 2 fully saturated rings. The van der Waals surface area contributed by atoms with Crippen molar-refractivity contribution < 1.29 is 5.11 Å². The second-order valence-corrected chi connectivity index (χ2v) is 5.98. The van der Waals surface area contributed by atoms with E-state index in [1.165, 1.54) is 24.8 Å². The molecular formula is C16H22O. The number of hydrogen-bond donors (Lipinski definition) is 1. The fourth-order valence-electron chi connectivity index (χ4n) is 3.70. The van der Waals surface area contributed by atoms with Crippen molar-refractivity contribution in [2.24, 2.45) is 11.8 Å². The first-order chi connectivity index (χ1) is 8.23. The highest BCUT2D eigenvalue weighted by molar-refractivity contribution is 5.28. The van der Waals surface area contributed by atoms with E-state index in [0.717, 1.165) is 18.8 Å². The van der Waals surface area contributed by atoms with Gasteiger partial charge in [0.1, 0.15) is 0 Å². The molecule has 0 spiro atoms. The molecule has 0 saturated heterocycles. The molecule has 2 aliphatic rings. The molecule has 1 nitrogen and oxygen atoms in total. The van der Waals surface area contributed by atoms with Gasteiger partial charge in [-0.2, -0.15) is 0 Å². The van der Waals surface area contributed by atoms with Gasteiger partial charge in [0, 0.05) is 0 Å². The van der Waals surface area contributed by atoms with E-state index >= 15 is 0 Å². The van der Waals surface area contributed by atoms with E-state index in [4.69, 9.17) is 0 Å². The number of benzene rings is 1. The normalized spacial score (nSPS) is 40.5. The van der Waals surface area contributed by atoms with Gasteiger partial charge in [0.15, 0.2) is 0 Å². The lowest BCUT2D eigenvalue weighted by Crippen LogP contribution is -2.28. The van der Waals surface area contributed by atoms with Crippen LogP contribution in [0.3, 0.4) is 0 Å². The van der Waals surface area contributed by atoms with E-state index < -0.39 is 0 Å². The van der Waals surface area contributed by atoms with Crippen LogP contribution >= 0.6 is 0 Å². The van der Waals surface area contributed by atoms with Gasteiger partial charge in [0.2, 0.25) is 0 Å². The summed E-state index contributed by atoms with van der Waals surface area (Å²) in [6, 6.07) is 10.7. The molecule has 2 aliphatic carbocycles. The average Bonchev–Trinajstić information content (AvgIpc) is 3.09. The van der Waals surface area contributed by atoms with Gasteiger partial charge in [-0.3, -0.25) is 0 Å². The summed E-state index contributed by atoms with van der Waals surface area (Å²) in [7, 11) is 0. The summed E-state index contributed by atoms with van der Waals surface area (Å²) in [5.74, 6) is 1.91. The quantitative estimate of drug-likeness (QED) is 0.839. The molecule has 1 aromatic rings. The molecule has 0 aliphatic heterocycles. The van der Waals surface area contributed by atoms with E-state index in [1.54, 1.807) is 0 Å². The fourth-order valence-corrected chi connectivity index (χ4v) is 3.70. The third-order valence-corrected chi connectivity index (χ3v) is 4.91. The number of hydrogen-bond acceptors (Lipinski definition) is 1. The molecule has 0 amide bonds. The van der Waals surface area contributed by atoms with Gasteiger partial charge in [-0.25, -0.2) is 0 Å². The Bertz CT molecular complexity index is 386. The molecule has 0 bridgehead atoms. The Hall–Kier alpha value is -0.820. The van der Waals surface area contributed by atoms with E-state index in [0.29, 0.717) is 11.8 Å². The minimum atomic E-state index is -0.346. The number of rotatable bonds is 3. The SMILES string of the molecule is CCC1CCC(O)(C2CC2c2ccccc2)C1. The Morgan fingerprint density at radius 2 is 2.06 bits per heavy atom. The maximum Gasteiger partial charge on any atom is 0.0684 e. The maximum atomic E-state index is 10.8. The van der Waals surface area contributed by atoms with Crippen molar-refractivity contribution in [1.29, 1.82) is 0 Å². The van der Waals surface area contributed by atoms with Crippen LogP contribution < -0.4 is 0 Å². The van der Waals surface area contributed by atoms with Crippen LogP contribution in [0.5, 0.6) is 0 Å². The third-order valence-electron chi connectivity index (χ3n) is 4.91. The fraction of sp³-hybridized carbons (Fsp3) is 0.625. The summed E-state index contributed by atoms with van der Waals surface area (Å²) in [6.45, 7) is 2.25. The van der Waals surface area contributed by atoms with Crippen LogP contribution in [-0.2, 0) is 0 Å². The smallest absolute Gasteiger partial charge is 0.0684 e. The molecule has 0 heterocycles. The molecular weight excluding hydrogens is 208 g/mol. The lowest BCUT2D eigenvalue weighted by atomic mass is 9.91. The molecule has 4 unspecified atom stereocenters. The van der Waals surface area contributed by atoms with Crippen molar-refractivity contribution in [1.82, 2.24) is 0 Å². The zero-order valence-electron chi connectivity index (χ0n) is 10.6. The maximum absolute atomic E-state index is 10.8. The minimum Gasteiger partial charge on any atom is -0.390 e. The van der Waals surface area contributed by atoms with Gasteiger partial charge in [-0.15, -0.1) is 0 Å². The molecule has 17 heavy (non-hydrogen) atoms. The lowest BCUT2D eigenvalue weighted by molar-refractivity contribution is 0.0185. The van der Waals surface area contributed by atoms with Crippen molar-refractivity contribution in [3.63, 3.8) is 0 Å². The predicted molar refractivity (Wildman–Crippen MR) is 69.9 cm³/mol. The van der Waals surface area contributed by atoms with Gasteiger partial charge >= 0.3 is 0 Å². The monoisotopic (exact) mass is 230 g/mol. The van der Waals surface area contributed by atoms with Gasteiger partial charge in [-0.1, -0.05) is 43.7 Å². The molecule has 92 valence electrons. The zero-order chi connectivity index (χ0) is 11.9. The molecule has 3 rings (SSSR count). The van der Waals surface area contributed by atoms with E-state index in [2.05, 4.69) is 37.3 Å². The highest BCUT2D eigenvalue weighted by Crippen LogP contribution is 2.58. The first kappa shape index (κ1) is 11.3. The predicted octanol–water partition coefficient (Wildman–Crippen LogP) is 3.73. The Kier molecular flexibility index (Phi) is 2.74. The van der Waals surface area contributed by atoms with Crippen LogP contribution in [0.2, 0.25) is 0 Å². The van der Waals surface area contributed by atoms with Crippen LogP contribution in [-0.4, -0.2) is 10.7 Å². The zero-order valence-corrected chi connectivity index (χ0v) is 10.6. The molecule has 1 N–H and O–H groups in total. The van der Waals surface area contributed by atoms with E-state index in [9.17, 15) is 5.11 Å². The summed E-state index contributed by atoms with van der Waals surface area (Å²) >= 11 is 0. The lowest BCUT2D eigenvalue weighted by Gasteiger charge is -2.23. The van der Waals surface area contributed by atoms with Gasteiger partial charge < -0.3 is 5.11 Å². The van der Waals surface area contributed by atoms with E-state index in [-0.39, 0.29) is 5.60 Å². The van der Waals surface area contributed by atoms with Crippen molar-refractivity contribution >= 4 is 0 Å². The Labute approximate surface area is 104 Å². The standard InChI is InChI=1S/C16H22O/c1-2-12-8-9-16(17,11-12)15-10-14(15)13-6-4-3-5-7-13/h3-7,12,14-15,17H,2,8-11H2,1H3. The van der Waals surface area contributed by atoms with Gasteiger partial charge in [-0.05, 0) is 49.0 Å². The Balaban J connectivity index is 1.69. The van der Waals surface area contributed by atoms with Crippen molar-refractivity contribution in [3.8, 4) is 0 Å². The second kappa shape index (κ2) is 4.13. The molecule has 0 aromatic heterocycles. The molecule has 2 saturated carbocycles. The second-order valence-electron chi connectivity index (χ2n) is 5.98. The highest BCUT2D eigenvalue weighted by Gasteiger charge is 2.54. The summed E-state index contributed by atoms with van der Waals surface area (Å²) in [5, 5.41) is 10.8. The van der Waals surface area contributed by atoms with Crippen molar-refractivity contribution in [2.45, 2.75) is 50.5 Å². The molecule has 4 atom stereocenters. The van der Waals surface area contributed by atoms with E-state index in [1.807, 2.05) is 0 Å². The summed E-state index contributed by atoms with van der Waals surface area (Å²) in [5.41, 5.74) is 1.08. The van der Waals surface area contributed by atoms with Crippen molar-refractivity contribution in [2.75, 3.05) is 0 Å². The largest absolute Gasteiger partial charge is 0.390 e. The van der Waals surface area contributed by atoms with Crippen LogP contribution in [0.25, 0.3) is 0 Å². The molecule has 0 radical (unpaired) electrons. The van der Waals surface area contributed by atoms with Crippen LogP contribution in [0.1, 0.15) is 50.5 Å². The Morgan fingerprint density at radius 1 is 1.29 bits per heavy atom. The molecule has 1 aromatic carbocycles. The summed E-state index contributed by atoms with van der Waals surface area (Å²) in [6.07, 6.45) is 5.71. The van der Waals surface area contributed by atoms with Crippen LogP contribution in [0.15, 0.2) is 30.3 Å². The van der Waals surface area contributed by atoms with Crippen LogP contribution in [0.4, 0.5) is 0 Å². The number of aliphatic hydroxyl groups is 1. The summed E-state index contributed by atoms with van der Waals surface area (Å²) < 4.78 is 0.